The molecule has 0 atom stereocenters. The van der Waals surface area contributed by atoms with Gasteiger partial charge in [0.2, 0.25) is 5.95 Å². The number of rotatable bonds is 5. The molecule has 0 unspecified atom stereocenters. The third kappa shape index (κ3) is 4.12. The van der Waals surface area contributed by atoms with E-state index in [-0.39, 0.29) is 11.6 Å². The van der Waals surface area contributed by atoms with Gasteiger partial charge in [-0.05, 0) is 29.8 Å². The Labute approximate surface area is 153 Å². The number of anilines is 2. The van der Waals surface area contributed by atoms with Crippen molar-refractivity contribution in [3.8, 4) is 0 Å². The van der Waals surface area contributed by atoms with Crippen molar-refractivity contribution in [3.63, 3.8) is 0 Å². The highest BCUT2D eigenvalue weighted by Crippen LogP contribution is 2.19. The number of hydrogen-bond donors (Lipinski definition) is 2. The van der Waals surface area contributed by atoms with E-state index in [2.05, 4.69) is 20.6 Å². The molecule has 0 aliphatic heterocycles. The van der Waals surface area contributed by atoms with Crippen LogP contribution in [0.25, 0.3) is 0 Å². The summed E-state index contributed by atoms with van der Waals surface area (Å²) >= 11 is 6.08. The molecule has 8 heteroatoms. The van der Waals surface area contributed by atoms with Crippen LogP contribution in [0.5, 0.6) is 0 Å². The molecule has 0 fully saturated rings. The zero-order chi connectivity index (χ0) is 18.5. The number of halogens is 3. The maximum Gasteiger partial charge on any atom is 0.274 e. The van der Waals surface area contributed by atoms with Crippen molar-refractivity contribution < 1.29 is 13.6 Å². The number of aromatic nitrogens is 2. The molecule has 2 N–H and O–H groups in total. The molecule has 5 nitrogen and oxygen atoms in total. The summed E-state index contributed by atoms with van der Waals surface area (Å²) in [6.45, 7) is 0.354. The van der Waals surface area contributed by atoms with Gasteiger partial charge in [-0.25, -0.2) is 18.7 Å². The predicted octanol–water partition coefficient (Wildman–Crippen LogP) is 4.27. The van der Waals surface area contributed by atoms with E-state index in [1.54, 1.807) is 6.07 Å². The molecule has 2 aromatic carbocycles. The second-order valence-electron chi connectivity index (χ2n) is 5.26. The molecule has 132 valence electrons. The number of amides is 1. The van der Waals surface area contributed by atoms with E-state index >= 15 is 0 Å². The van der Waals surface area contributed by atoms with Crippen molar-refractivity contribution in [1.82, 2.24) is 9.97 Å². The molecule has 0 saturated heterocycles. The summed E-state index contributed by atoms with van der Waals surface area (Å²) < 4.78 is 27.3. The van der Waals surface area contributed by atoms with Crippen molar-refractivity contribution in [1.29, 1.82) is 0 Å². The molecular formula is C18H13ClF2N4O. The zero-order valence-corrected chi connectivity index (χ0v) is 14.1. The summed E-state index contributed by atoms with van der Waals surface area (Å²) in [5.41, 5.74) is 0.270. The minimum absolute atomic E-state index is 0.0377. The fraction of sp³-hybridized carbons (Fsp3) is 0.0556. The van der Waals surface area contributed by atoms with Crippen LogP contribution in [0.15, 0.2) is 54.7 Å². The summed E-state index contributed by atoms with van der Waals surface area (Å²) in [6, 6.07) is 11.9. The maximum absolute atomic E-state index is 13.6. The molecule has 0 bridgehead atoms. The Kier molecular flexibility index (Phi) is 5.38. The van der Waals surface area contributed by atoms with E-state index in [9.17, 15) is 13.6 Å². The van der Waals surface area contributed by atoms with Gasteiger partial charge in [0.15, 0.2) is 0 Å². The average Bonchev–Trinajstić information content (AvgIpc) is 2.64. The van der Waals surface area contributed by atoms with Crippen molar-refractivity contribution in [2.24, 2.45) is 0 Å². The Morgan fingerprint density at radius 3 is 2.50 bits per heavy atom. The molecular weight excluding hydrogens is 362 g/mol. The van der Waals surface area contributed by atoms with Gasteiger partial charge in [0, 0.05) is 17.8 Å². The first-order valence-corrected chi connectivity index (χ1v) is 7.98. The van der Waals surface area contributed by atoms with Gasteiger partial charge in [0.25, 0.3) is 5.91 Å². The third-order valence-corrected chi connectivity index (χ3v) is 3.85. The Hall–Kier alpha value is -3.06. The number of carbonyl (C=O) groups is 1. The van der Waals surface area contributed by atoms with Gasteiger partial charge in [-0.3, -0.25) is 4.79 Å². The molecule has 0 aliphatic carbocycles. The largest absolute Gasteiger partial charge is 0.350 e. The Morgan fingerprint density at radius 1 is 1.04 bits per heavy atom. The minimum atomic E-state index is -0.871. The van der Waals surface area contributed by atoms with E-state index in [4.69, 9.17) is 11.6 Å². The summed E-state index contributed by atoms with van der Waals surface area (Å²) in [5.74, 6) is -2.31. The normalized spacial score (nSPS) is 10.4. The number of benzene rings is 2. The van der Waals surface area contributed by atoms with E-state index < -0.39 is 23.2 Å². The molecule has 0 saturated carbocycles. The smallest absolute Gasteiger partial charge is 0.274 e. The highest BCUT2D eigenvalue weighted by atomic mass is 35.5. The van der Waals surface area contributed by atoms with Crippen LogP contribution in [0.1, 0.15) is 16.1 Å². The lowest BCUT2D eigenvalue weighted by molar-refractivity contribution is 0.102. The highest BCUT2D eigenvalue weighted by Gasteiger charge is 2.15. The Morgan fingerprint density at radius 2 is 1.77 bits per heavy atom. The highest BCUT2D eigenvalue weighted by molar-refractivity contribution is 6.31. The van der Waals surface area contributed by atoms with Gasteiger partial charge in [-0.15, -0.1) is 0 Å². The van der Waals surface area contributed by atoms with Gasteiger partial charge in [-0.2, -0.15) is 0 Å². The standard InChI is InChI=1S/C18H13ClF2N4O/c19-12-5-2-1-4-11(12)10-23-18-22-9-8-15(24-18)17(26)25-16-13(20)6-3-7-14(16)21/h1-9H,10H2,(H,25,26)(H,22,23,24). The van der Waals surface area contributed by atoms with Gasteiger partial charge in [0.05, 0.1) is 0 Å². The van der Waals surface area contributed by atoms with Crippen LogP contribution in [-0.4, -0.2) is 15.9 Å². The minimum Gasteiger partial charge on any atom is -0.350 e. The topological polar surface area (TPSA) is 66.9 Å². The van der Waals surface area contributed by atoms with Crippen LogP contribution in [0.4, 0.5) is 20.4 Å². The maximum atomic E-state index is 13.6. The van der Waals surface area contributed by atoms with Gasteiger partial charge >= 0.3 is 0 Å². The lowest BCUT2D eigenvalue weighted by atomic mass is 10.2. The molecule has 1 heterocycles. The number of para-hydroxylation sites is 1. The second-order valence-corrected chi connectivity index (χ2v) is 5.67. The van der Waals surface area contributed by atoms with Crippen LogP contribution in [-0.2, 0) is 6.54 Å². The fourth-order valence-corrected chi connectivity index (χ4v) is 2.38. The molecule has 3 rings (SSSR count). The molecule has 26 heavy (non-hydrogen) atoms. The van der Waals surface area contributed by atoms with Crippen LogP contribution in [0.2, 0.25) is 5.02 Å². The summed E-state index contributed by atoms with van der Waals surface area (Å²) in [5, 5.41) is 5.71. The van der Waals surface area contributed by atoms with Gasteiger partial charge < -0.3 is 10.6 Å². The predicted molar refractivity (Wildman–Crippen MR) is 95.1 cm³/mol. The van der Waals surface area contributed by atoms with E-state index in [0.717, 1.165) is 17.7 Å². The van der Waals surface area contributed by atoms with Crippen molar-refractivity contribution in [2.45, 2.75) is 6.54 Å². The lowest BCUT2D eigenvalue weighted by Gasteiger charge is -2.09. The molecule has 1 amide bonds. The third-order valence-electron chi connectivity index (χ3n) is 3.48. The summed E-state index contributed by atoms with van der Waals surface area (Å²) in [6.07, 6.45) is 1.37. The second kappa shape index (κ2) is 7.88. The van der Waals surface area contributed by atoms with Crippen molar-refractivity contribution >= 4 is 29.1 Å². The number of carbonyl (C=O) groups excluding carboxylic acids is 1. The van der Waals surface area contributed by atoms with Crippen LogP contribution >= 0.6 is 11.6 Å². The summed E-state index contributed by atoms with van der Waals surface area (Å²) in [7, 11) is 0. The first kappa shape index (κ1) is 17.8. The van der Waals surface area contributed by atoms with Crippen molar-refractivity contribution in [2.75, 3.05) is 10.6 Å². The van der Waals surface area contributed by atoms with Crippen LogP contribution in [0.3, 0.4) is 0 Å². The van der Waals surface area contributed by atoms with E-state index in [1.165, 1.54) is 18.3 Å². The van der Waals surface area contributed by atoms with Crippen LogP contribution < -0.4 is 10.6 Å². The molecule has 0 radical (unpaired) electrons. The molecule has 0 spiro atoms. The zero-order valence-electron chi connectivity index (χ0n) is 13.3. The van der Waals surface area contributed by atoms with E-state index in [1.807, 2.05) is 18.2 Å². The Bertz CT molecular complexity index is 932. The monoisotopic (exact) mass is 374 g/mol. The summed E-state index contributed by atoms with van der Waals surface area (Å²) in [4.78, 5) is 20.3. The average molecular weight is 375 g/mol. The first-order valence-electron chi connectivity index (χ1n) is 7.60. The quantitative estimate of drug-likeness (QED) is 0.699. The Balaban J connectivity index is 1.72. The lowest BCUT2D eigenvalue weighted by Crippen LogP contribution is -2.17. The van der Waals surface area contributed by atoms with Crippen molar-refractivity contribution in [3.05, 3.63) is 82.6 Å². The number of nitrogens with one attached hydrogen (secondary N) is 2. The molecule has 1 aromatic heterocycles. The first-order chi connectivity index (χ1) is 12.5. The van der Waals surface area contributed by atoms with Gasteiger partial charge in [-0.1, -0.05) is 35.9 Å². The SMILES string of the molecule is O=C(Nc1c(F)cccc1F)c1ccnc(NCc2ccccc2Cl)n1. The van der Waals surface area contributed by atoms with E-state index in [0.29, 0.717) is 11.6 Å². The number of hydrogen-bond acceptors (Lipinski definition) is 4. The van der Waals surface area contributed by atoms with Gasteiger partial charge in [0.1, 0.15) is 23.0 Å². The fourth-order valence-electron chi connectivity index (χ4n) is 2.18. The van der Waals surface area contributed by atoms with Crippen LogP contribution in [0, 0.1) is 11.6 Å². The number of nitrogens with zero attached hydrogens (tertiary/aromatic N) is 2. The molecule has 3 aromatic rings. The molecule has 0 aliphatic rings.